The first kappa shape index (κ1) is 11.0. The number of rotatable bonds is 3. The van der Waals surface area contributed by atoms with Crippen LogP contribution in [0.2, 0.25) is 0 Å². The van der Waals surface area contributed by atoms with Crippen LogP contribution in [0.5, 0.6) is 0 Å². The van der Waals surface area contributed by atoms with Crippen molar-refractivity contribution in [1.29, 1.82) is 0 Å². The fourth-order valence-corrected chi connectivity index (χ4v) is 0.462. The Morgan fingerprint density at radius 3 is 2.42 bits per heavy atom. The second-order valence-electron chi connectivity index (χ2n) is 2.20. The smallest absolute Gasteiger partial charge is 0.344 e. The van der Waals surface area contributed by atoms with E-state index in [1.807, 2.05) is 0 Å². The van der Waals surface area contributed by atoms with E-state index < -0.39 is 18.0 Å². The van der Waals surface area contributed by atoms with Crippen molar-refractivity contribution in [1.82, 2.24) is 0 Å². The lowest BCUT2D eigenvalue weighted by Crippen LogP contribution is -2.23. The Morgan fingerprint density at radius 2 is 2.08 bits per heavy atom. The van der Waals surface area contributed by atoms with Gasteiger partial charge >= 0.3 is 11.9 Å². The summed E-state index contributed by atoms with van der Waals surface area (Å²) >= 11 is 3.72. The SMILES string of the molecule is C/C(=C\S)C(=O)OC(C)C(=O)O. The fraction of sp³-hybridized carbons (Fsp3) is 0.429. The second kappa shape index (κ2) is 4.82. The summed E-state index contributed by atoms with van der Waals surface area (Å²) in [5.41, 5.74) is 0.270. The van der Waals surface area contributed by atoms with Crippen LogP contribution in [0.4, 0.5) is 0 Å². The molecule has 0 aromatic rings. The van der Waals surface area contributed by atoms with E-state index in [2.05, 4.69) is 17.4 Å². The third-order valence-electron chi connectivity index (χ3n) is 1.15. The average molecular weight is 190 g/mol. The molecule has 5 heteroatoms. The number of hydrogen-bond donors (Lipinski definition) is 2. The van der Waals surface area contributed by atoms with Crippen LogP contribution in [0, 0.1) is 0 Å². The van der Waals surface area contributed by atoms with Crippen LogP contribution in [-0.4, -0.2) is 23.1 Å². The van der Waals surface area contributed by atoms with E-state index in [0.717, 1.165) is 0 Å². The van der Waals surface area contributed by atoms with Gasteiger partial charge in [0.2, 0.25) is 0 Å². The van der Waals surface area contributed by atoms with Crippen molar-refractivity contribution in [3.8, 4) is 0 Å². The van der Waals surface area contributed by atoms with Gasteiger partial charge in [0, 0.05) is 5.57 Å². The van der Waals surface area contributed by atoms with Gasteiger partial charge in [-0.1, -0.05) is 0 Å². The van der Waals surface area contributed by atoms with Crippen molar-refractivity contribution in [2.24, 2.45) is 0 Å². The van der Waals surface area contributed by atoms with Crippen molar-refractivity contribution in [3.05, 3.63) is 11.0 Å². The number of esters is 1. The van der Waals surface area contributed by atoms with E-state index in [1.54, 1.807) is 0 Å². The molecule has 0 saturated carbocycles. The number of ether oxygens (including phenoxy) is 1. The predicted octanol–water partition coefficient (Wildman–Crippen LogP) is 0.836. The van der Waals surface area contributed by atoms with Crippen molar-refractivity contribution in [2.45, 2.75) is 20.0 Å². The highest BCUT2D eigenvalue weighted by molar-refractivity contribution is 7.83. The highest BCUT2D eigenvalue weighted by Crippen LogP contribution is 2.01. The quantitative estimate of drug-likeness (QED) is 0.393. The van der Waals surface area contributed by atoms with Gasteiger partial charge in [0.25, 0.3) is 0 Å². The monoisotopic (exact) mass is 190 g/mol. The fourth-order valence-electron chi connectivity index (χ4n) is 0.357. The number of carbonyl (C=O) groups is 2. The zero-order valence-electron chi connectivity index (χ0n) is 6.77. The van der Waals surface area contributed by atoms with Gasteiger partial charge in [-0.25, -0.2) is 9.59 Å². The van der Waals surface area contributed by atoms with E-state index in [1.165, 1.54) is 19.3 Å². The van der Waals surface area contributed by atoms with Crippen LogP contribution in [-0.2, 0) is 14.3 Å². The molecule has 0 saturated heterocycles. The minimum atomic E-state index is -1.17. The molecule has 0 bridgehead atoms. The van der Waals surface area contributed by atoms with Crippen LogP contribution in [0.25, 0.3) is 0 Å². The lowest BCUT2D eigenvalue weighted by Gasteiger charge is -2.07. The summed E-state index contributed by atoms with van der Waals surface area (Å²) in [5.74, 6) is -1.84. The van der Waals surface area contributed by atoms with Gasteiger partial charge in [-0.05, 0) is 19.3 Å². The van der Waals surface area contributed by atoms with Crippen molar-refractivity contribution < 1.29 is 19.4 Å². The van der Waals surface area contributed by atoms with E-state index in [9.17, 15) is 9.59 Å². The molecule has 0 fully saturated rings. The molecular weight excluding hydrogens is 180 g/mol. The number of aliphatic carboxylic acids is 1. The van der Waals surface area contributed by atoms with Gasteiger partial charge in [-0.3, -0.25) is 0 Å². The molecule has 0 aliphatic carbocycles. The molecule has 1 atom stereocenters. The maximum Gasteiger partial charge on any atom is 0.344 e. The third-order valence-corrected chi connectivity index (χ3v) is 1.53. The summed E-state index contributed by atoms with van der Waals surface area (Å²) in [5, 5.41) is 9.63. The number of carbonyl (C=O) groups excluding carboxylic acids is 1. The van der Waals surface area contributed by atoms with Crippen LogP contribution in [0.3, 0.4) is 0 Å². The van der Waals surface area contributed by atoms with Gasteiger partial charge in [-0.15, -0.1) is 0 Å². The average Bonchev–Trinajstić information content (AvgIpc) is 2.02. The largest absolute Gasteiger partial charge is 0.479 e. The van der Waals surface area contributed by atoms with Crippen LogP contribution in [0.15, 0.2) is 11.0 Å². The van der Waals surface area contributed by atoms with E-state index in [-0.39, 0.29) is 5.57 Å². The molecular formula is C7H10O4S. The first-order valence-corrected chi connectivity index (χ1v) is 3.75. The molecule has 0 radical (unpaired) electrons. The molecule has 0 rings (SSSR count). The minimum absolute atomic E-state index is 0.270. The van der Waals surface area contributed by atoms with E-state index >= 15 is 0 Å². The molecule has 0 aliphatic rings. The standard InChI is InChI=1S/C7H10O4S/c1-4(3-12)7(10)11-5(2)6(8)9/h3,5,12H,1-2H3,(H,8,9)/b4-3+. The Morgan fingerprint density at radius 1 is 1.58 bits per heavy atom. The van der Waals surface area contributed by atoms with Gasteiger partial charge in [0.1, 0.15) is 0 Å². The van der Waals surface area contributed by atoms with Gasteiger partial charge in [0.05, 0.1) is 0 Å². The molecule has 0 amide bonds. The summed E-state index contributed by atoms with van der Waals surface area (Å²) in [7, 11) is 0. The summed E-state index contributed by atoms with van der Waals surface area (Å²) in [6, 6.07) is 0. The Hall–Kier alpha value is -0.970. The molecule has 4 nitrogen and oxygen atoms in total. The molecule has 68 valence electrons. The molecule has 0 spiro atoms. The summed E-state index contributed by atoms with van der Waals surface area (Å²) in [6.45, 7) is 2.77. The predicted molar refractivity (Wildman–Crippen MR) is 45.9 cm³/mol. The second-order valence-corrected chi connectivity index (χ2v) is 2.46. The summed E-state index contributed by atoms with van der Waals surface area (Å²) in [6.07, 6.45) is -1.12. The first-order chi connectivity index (χ1) is 5.49. The molecule has 1 N–H and O–H groups in total. The number of carboxylic acids is 1. The highest BCUT2D eigenvalue weighted by atomic mass is 32.1. The zero-order chi connectivity index (χ0) is 9.72. The topological polar surface area (TPSA) is 63.6 Å². The molecule has 0 aromatic carbocycles. The van der Waals surface area contributed by atoms with E-state index in [4.69, 9.17) is 5.11 Å². The lowest BCUT2D eigenvalue weighted by atomic mass is 10.3. The van der Waals surface area contributed by atoms with Crippen LogP contribution >= 0.6 is 12.6 Å². The molecule has 12 heavy (non-hydrogen) atoms. The van der Waals surface area contributed by atoms with E-state index in [0.29, 0.717) is 0 Å². The minimum Gasteiger partial charge on any atom is -0.479 e. The molecule has 0 heterocycles. The zero-order valence-corrected chi connectivity index (χ0v) is 7.67. The maximum absolute atomic E-state index is 10.9. The molecule has 0 aromatic heterocycles. The normalized spacial score (nSPS) is 13.8. The summed E-state index contributed by atoms with van der Waals surface area (Å²) in [4.78, 5) is 21.1. The number of hydrogen-bond acceptors (Lipinski definition) is 4. The third kappa shape index (κ3) is 3.43. The molecule has 1 unspecified atom stereocenters. The van der Waals surface area contributed by atoms with Crippen molar-refractivity contribution >= 4 is 24.6 Å². The Kier molecular flexibility index (Phi) is 4.43. The highest BCUT2D eigenvalue weighted by Gasteiger charge is 2.16. The Bertz CT molecular complexity index is 221. The van der Waals surface area contributed by atoms with Gasteiger partial charge in [0.15, 0.2) is 6.10 Å². The van der Waals surface area contributed by atoms with Crippen molar-refractivity contribution in [3.63, 3.8) is 0 Å². The lowest BCUT2D eigenvalue weighted by molar-refractivity contribution is -0.159. The number of carboxylic acid groups (broad SMARTS) is 1. The first-order valence-electron chi connectivity index (χ1n) is 3.23. The Labute approximate surface area is 75.6 Å². The van der Waals surface area contributed by atoms with Gasteiger partial charge in [-0.2, -0.15) is 12.6 Å². The van der Waals surface area contributed by atoms with Crippen LogP contribution < -0.4 is 0 Å². The van der Waals surface area contributed by atoms with Crippen LogP contribution in [0.1, 0.15) is 13.8 Å². The number of thiol groups is 1. The summed E-state index contributed by atoms with van der Waals surface area (Å²) < 4.78 is 4.51. The maximum atomic E-state index is 10.9. The van der Waals surface area contributed by atoms with Crippen molar-refractivity contribution in [2.75, 3.05) is 0 Å². The Balaban J connectivity index is 4.11. The van der Waals surface area contributed by atoms with Gasteiger partial charge < -0.3 is 9.84 Å². The molecule has 0 aliphatic heterocycles.